The predicted octanol–water partition coefficient (Wildman–Crippen LogP) is 2.51. The Bertz CT molecular complexity index is 447. The molecule has 1 heterocycles. The minimum Gasteiger partial charge on any atom is -0.466 e. The van der Waals surface area contributed by atoms with Crippen molar-refractivity contribution in [1.82, 2.24) is 5.32 Å². The van der Waals surface area contributed by atoms with E-state index in [1.54, 1.807) is 0 Å². The van der Waals surface area contributed by atoms with Crippen molar-refractivity contribution in [3.05, 3.63) is 34.3 Å². The Morgan fingerprint density at radius 2 is 2.28 bits per heavy atom. The van der Waals surface area contributed by atoms with Crippen molar-refractivity contribution in [2.75, 3.05) is 19.7 Å². The number of hydrogen-bond acceptors (Lipinski definition) is 3. The molecule has 1 aromatic carbocycles. The fourth-order valence-corrected chi connectivity index (χ4v) is 2.54. The van der Waals surface area contributed by atoms with Crippen molar-refractivity contribution >= 4 is 17.6 Å². The van der Waals surface area contributed by atoms with Gasteiger partial charge in [0, 0.05) is 24.0 Å². The third-order valence-corrected chi connectivity index (χ3v) is 3.84. The molecule has 98 valence electrons. The van der Waals surface area contributed by atoms with E-state index >= 15 is 0 Å². The van der Waals surface area contributed by atoms with E-state index in [2.05, 4.69) is 11.4 Å². The minimum absolute atomic E-state index is 0.0921. The first-order chi connectivity index (χ1) is 8.63. The van der Waals surface area contributed by atoms with Crippen molar-refractivity contribution in [3.8, 4) is 0 Å². The van der Waals surface area contributed by atoms with Crippen molar-refractivity contribution < 1.29 is 9.53 Å². The number of ether oxygens (including phenoxy) is 1. The molecule has 1 aliphatic rings. The summed E-state index contributed by atoms with van der Waals surface area (Å²) in [5.41, 5.74) is 2.20. The fraction of sp³-hybridized carbons (Fsp3) is 0.500. The van der Waals surface area contributed by atoms with Gasteiger partial charge in [0.25, 0.3) is 0 Å². The van der Waals surface area contributed by atoms with Crippen LogP contribution in [0.4, 0.5) is 0 Å². The van der Waals surface area contributed by atoms with Crippen LogP contribution in [0.5, 0.6) is 0 Å². The predicted molar refractivity (Wildman–Crippen MR) is 71.9 cm³/mol. The molecule has 0 aliphatic carbocycles. The van der Waals surface area contributed by atoms with Gasteiger partial charge in [0.1, 0.15) is 0 Å². The number of esters is 1. The average Bonchev–Trinajstić information content (AvgIpc) is 2.82. The lowest BCUT2D eigenvalue weighted by Gasteiger charge is -2.18. The van der Waals surface area contributed by atoms with Crippen LogP contribution in [0.3, 0.4) is 0 Å². The van der Waals surface area contributed by atoms with E-state index in [0.29, 0.717) is 13.2 Å². The van der Waals surface area contributed by atoms with Gasteiger partial charge in [-0.2, -0.15) is 0 Å². The first kappa shape index (κ1) is 13.4. The lowest BCUT2D eigenvalue weighted by Crippen LogP contribution is -2.24. The summed E-state index contributed by atoms with van der Waals surface area (Å²) < 4.78 is 5.13. The Balaban J connectivity index is 2.20. The largest absolute Gasteiger partial charge is 0.466 e. The van der Waals surface area contributed by atoms with E-state index in [0.717, 1.165) is 22.7 Å². The molecule has 0 unspecified atom stereocenters. The van der Waals surface area contributed by atoms with Crippen LogP contribution in [0.25, 0.3) is 0 Å². The van der Waals surface area contributed by atoms with Gasteiger partial charge >= 0.3 is 5.97 Å². The van der Waals surface area contributed by atoms with Crippen molar-refractivity contribution in [3.63, 3.8) is 0 Å². The van der Waals surface area contributed by atoms with E-state index in [1.807, 2.05) is 26.0 Å². The van der Waals surface area contributed by atoms with E-state index in [1.165, 1.54) is 0 Å². The van der Waals surface area contributed by atoms with Crippen LogP contribution in [-0.4, -0.2) is 25.7 Å². The van der Waals surface area contributed by atoms with Crippen molar-refractivity contribution in [1.29, 1.82) is 0 Å². The molecule has 4 heteroatoms. The van der Waals surface area contributed by atoms with E-state index < -0.39 is 0 Å². The monoisotopic (exact) mass is 267 g/mol. The lowest BCUT2D eigenvalue weighted by molar-refractivity contribution is -0.147. The van der Waals surface area contributed by atoms with Crippen LogP contribution in [-0.2, 0) is 9.53 Å². The van der Waals surface area contributed by atoms with Gasteiger partial charge in [-0.1, -0.05) is 23.7 Å². The molecule has 0 bridgehead atoms. The van der Waals surface area contributed by atoms with Gasteiger partial charge in [0.2, 0.25) is 0 Å². The highest BCUT2D eigenvalue weighted by Crippen LogP contribution is 2.31. The first-order valence-electron chi connectivity index (χ1n) is 6.27. The Kier molecular flexibility index (Phi) is 4.25. The van der Waals surface area contributed by atoms with E-state index in [-0.39, 0.29) is 17.8 Å². The van der Waals surface area contributed by atoms with Gasteiger partial charge in [-0.25, -0.2) is 0 Å². The van der Waals surface area contributed by atoms with Gasteiger partial charge in [-0.3, -0.25) is 4.79 Å². The first-order valence-corrected chi connectivity index (χ1v) is 6.64. The second-order valence-electron chi connectivity index (χ2n) is 4.63. The molecule has 0 saturated carbocycles. The topological polar surface area (TPSA) is 38.3 Å². The summed E-state index contributed by atoms with van der Waals surface area (Å²) in [6.07, 6.45) is 0. The maximum atomic E-state index is 11.9. The molecule has 2 rings (SSSR count). The molecular formula is C14H18ClNO2. The second-order valence-corrected chi connectivity index (χ2v) is 5.04. The SMILES string of the molecule is CCOC(=O)[C@@H]1CNC[C@H]1c1ccc(Cl)c(C)c1. The summed E-state index contributed by atoms with van der Waals surface area (Å²) in [6, 6.07) is 5.96. The zero-order valence-corrected chi connectivity index (χ0v) is 11.5. The van der Waals surface area contributed by atoms with Crippen LogP contribution in [0.2, 0.25) is 5.02 Å². The number of benzene rings is 1. The fourth-order valence-electron chi connectivity index (χ4n) is 2.42. The summed E-state index contributed by atoms with van der Waals surface area (Å²) in [4.78, 5) is 11.9. The zero-order chi connectivity index (χ0) is 13.1. The van der Waals surface area contributed by atoms with Crippen LogP contribution in [0.1, 0.15) is 24.0 Å². The summed E-state index contributed by atoms with van der Waals surface area (Å²) in [5, 5.41) is 4.02. The maximum Gasteiger partial charge on any atom is 0.310 e. The van der Waals surface area contributed by atoms with Crippen LogP contribution in [0.15, 0.2) is 18.2 Å². The number of nitrogens with one attached hydrogen (secondary N) is 1. The molecule has 1 aliphatic heterocycles. The summed E-state index contributed by atoms with van der Waals surface area (Å²) >= 11 is 6.03. The highest BCUT2D eigenvalue weighted by atomic mass is 35.5. The van der Waals surface area contributed by atoms with Gasteiger partial charge < -0.3 is 10.1 Å². The van der Waals surface area contributed by atoms with E-state index in [9.17, 15) is 4.79 Å². The molecule has 1 aromatic rings. The molecule has 0 aromatic heterocycles. The van der Waals surface area contributed by atoms with Crippen LogP contribution in [0, 0.1) is 12.8 Å². The number of aryl methyl sites for hydroxylation is 1. The Morgan fingerprint density at radius 3 is 2.94 bits per heavy atom. The molecular weight excluding hydrogens is 250 g/mol. The van der Waals surface area contributed by atoms with Gasteiger partial charge in [-0.15, -0.1) is 0 Å². The van der Waals surface area contributed by atoms with Crippen molar-refractivity contribution in [2.45, 2.75) is 19.8 Å². The highest BCUT2D eigenvalue weighted by molar-refractivity contribution is 6.31. The van der Waals surface area contributed by atoms with Crippen LogP contribution >= 0.6 is 11.6 Å². The number of rotatable bonds is 3. The zero-order valence-electron chi connectivity index (χ0n) is 10.7. The average molecular weight is 268 g/mol. The van der Waals surface area contributed by atoms with Crippen LogP contribution < -0.4 is 5.32 Å². The summed E-state index contributed by atoms with van der Waals surface area (Å²) in [5.74, 6) is -0.0226. The van der Waals surface area contributed by atoms with Crippen molar-refractivity contribution in [2.24, 2.45) is 5.92 Å². The smallest absolute Gasteiger partial charge is 0.310 e. The molecule has 2 atom stereocenters. The Morgan fingerprint density at radius 1 is 1.50 bits per heavy atom. The minimum atomic E-state index is -0.111. The summed E-state index contributed by atoms with van der Waals surface area (Å²) in [7, 11) is 0. The molecule has 0 radical (unpaired) electrons. The number of carbonyl (C=O) groups excluding carboxylic acids is 1. The number of carbonyl (C=O) groups is 1. The van der Waals surface area contributed by atoms with Gasteiger partial charge in [0.05, 0.1) is 12.5 Å². The molecule has 18 heavy (non-hydrogen) atoms. The molecule has 3 nitrogen and oxygen atoms in total. The normalized spacial score (nSPS) is 23.1. The maximum absolute atomic E-state index is 11.9. The van der Waals surface area contributed by atoms with Gasteiger partial charge in [0.15, 0.2) is 0 Å². The quantitative estimate of drug-likeness (QED) is 0.856. The summed E-state index contributed by atoms with van der Waals surface area (Å²) in [6.45, 7) is 5.74. The molecule has 1 N–H and O–H groups in total. The van der Waals surface area contributed by atoms with E-state index in [4.69, 9.17) is 16.3 Å². The lowest BCUT2D eigenvalue weighted by atomic mass is 9.88. The molecule has 1 fully saturated rings. The standard InChI is InChI=1S/C14H18ClNO2/c1-3-18-14(17)12-8-16-7-11(12)10-4-5-13(15)9(2)6-10/h4-6,11-12,16H,3,7-8H2,1-2H3/t11-,12+/m0/s1. The molecule has 0 amide bonds. The Labute approximate surface area is 112 Å². The second kappa shape index (κ2) is 5.72. The number of hydrogen-bond donors (Lipinski definition) is 1. The molecule has 1 saturated heterocycles. The van der Waals surface area contributed by atoms with Gasteiger partial charge in [-0.05, 0) is 31.0 Å². The highest BCUT2D eigenvalue weighted by Gasteiger charge is 2.35. The Hall–Kier alpha value is -1.06. The third-order valence-electron chi connectivity index (χ3n) is 3.41. The number of halogens is 1. The third kappa shape index (κ3) is 2.68. The molecule has 0 spiro atoms.